The maximum absolute atomic E-state index is 12.3. The number of fused-ring (bicyclic) bond motifs is 1. The van der Waals surface area contributed by atoms with E-state index < -0.39 is 11.9 Å². The fourth-order valence-corrected chi connectivity index (χ4v) is 4.39. The zero-order chi connectivity index (χ0) is 22.0. The predicted molar refractivity (Wildman–Crippen MR) is 126 cm³/mol. The first kappa shape index (κ1) is 21.2. The zero-order valence-corrected chi connectivity index (χ0v) is 18.5. The molecule has 0 fully saturated rings. The van der Waals surface area contributed by atoms with Gasteiger partial charge in [-0.1, -0.05) is 69.3 Å². The van der Waals surface area contributed by atoms with Crippen LogP contribution in [0.5, 0.6) is 5.75 Å². The summed E-state index contributed by atoms with van der Waals surface area (Å²) in [5.41, 5.74) is 6.24. The van der Waals surface area contributed by atoms with E-state index in [2.05, 4.69) is 51.1 Å². The fraction of sp³-hybridized carbons (Fsp3) is 0.321. The minimum atomic E-state index is -0.773. The molecule has 1 N–H and O–H groups in total. The van der Waals surface area contributed by atoms with Gasteiger partial charge in [-0.15, -0.1) is 0 Å². The zero-order valence-electron chi connectivity index (χ0n) is 18.5. The van der Waals surface area contributed by atoms with Gasteiger partial charge in [0.05, 0.1) is 12.5 Å². The number of rotatable bonds is 5. The molecule has 3 nitrogen and oxygen atoms in total. The summed E-state index contributed by atoms with van der Waals surface area (Å²) in [5, 5.41) is 10.1. The van der Waals surface area contributed by atoms with Gasteiger partial charge in [0.25, 0.3) is 0 Å². The van der Waals surface area contributed by atoms with E-state index in [0.717, 1.165) is 53.0 Å². The van der Waals surface area contributed by atoms with Crippen LogP contribution in [0.1, 0.15) is 50.7 Å². The second-order valence-corrected chi connectivity index (χ2v) is 9.60. The van der Waals surface area contributed by atoms with Gasteiger partial charge >= 0.3 is 5.97 Å². The third kappa shape index (κ3) is 4.82. The Balaban J connectivity index is 1.87. The molecule has 3 aromatic carbocycles. The molecule has 0 saturated carbocycles. The van der Waals surface area contributed by atoms with Crippen molar-refractivity contribution in [3.8, 4) is 28.0 Å². The number of hydrogen-bond acceptors (Lipinski definition) is 2. The Labute approximate surface area is 184 Å². The summed E-state index contributed by atoms with van der Waals surface area (Å²) in [6, 6.07) is 22.7. The highest BCUT2D eigenvalue weighted by Gasteiger charge is 2.29. The van der Waals surface area contributed by atoms with Crippen LogP contribution in [0.4, 0.5) is 0 Å². The number of hydrogen-bond donors (Lipinski definition) is 1. The van der Waals surface area contributed by atoms with Gasteiger partial charge in [-0.2, -0.15) is 0 Å². The molecule has 160 valence electrons. The second kappa shape index (κ2) is 8.58. The van der Waals surface area contributed by atoms with Crippen molar-refractivity contribution in [2.75, 3.05) is 6.61 Å². The summed E-state index contributed by atoms with van der Waals surface area (Å²) >= 11 is 0. The minimum Gasteiger partial charge on any atom is -0.493 e. The molecule has 3 heteroatoms. The van der Waals surface area contributed by atoms with Gasteiger partial charge in [0.2, 0.25) is 0 Å². The number of carboxylic acids is 1. The normalized spacial score (nSPS) is 14.4. The monoisotopic (exact) mass is 414 g/mol. The maximum atomic E-state index is 12.3. The first-order chi connectivity index (χ1) is 14.8. The number of aliphatic carboxylic acids is 1. The smallest absolute Gasteiger partial charge is 0.311 e. The van der Waals surface area contributed by atoms with Crippen molar-refractivity contribution in [2.45, 2.75) is 46.0 Å². The molecule has 1 atom stereocenters. The molecule has 0 bridgehead atoms. The molecule has 1 aliphatic rings. The van der Waals surface area contributed by atoms with Crippen LogP contribution in [0, 0.1) is 5.41 Å². The summed E-state index contributed by atoms with van der Waals surface area (Å²) in [6.45, 7) is 7.04. The van der Waals surface area contributed by atoms with Crippen molar-refractivity contribution in [3.05, 3.63) is 77.9 Å². The van der Waals surface area contributed by atoms with Crippen LogP contribution >= 0.6 is 0 Å². The standard InChI is InChI=1S/C28H30O3/c1-28(2,3)18-25(27(29)30)23-13-11-20(19-8-5-4-6-9-19)17-24(23)21-12-14-26-22(16-21)10-7-15-31-26/h4-6,8-9,11-14,16-17,25H,7,10,15,18H2,1-3H3,(H,29,30). The Morgan fingerprint density at radius 2 is 1.71 bits per heavy atom. The van der Waals surface area contributed by atoms with Gasteiger partial charge in [-0.25, -0.2) is 0 Å². The molecule has 0 aliphatic carbocycles. The molecular weight excluding hydrogens is 384 g/mol. The van der Waals surface area contributed by atoms with Gasteiger partial charge in [-0.05, 0) is 76.3 Å². The van der Waals surface area contributed by atoms with E-state index in [4.69, 9.17) is 4.74 Å². The summed E-state index contributed by atoms with van der Waals surface area (Å²) < 4.78 is 5.80. The average molecular weight is 415 g/mol. The van der Waals surface area contributed by atoms with E-state index >= 15 is 0 Å². The van der Waals surface area contributed by atoms with Crippen LogP contribution in [-0.4, -0.2) is 17.7 Å². The molecule has 0 saturated heterocycles. The molecule has 0 aromatic heterocycles. The number of benzene rings is 3. The second-order valence-electron chi connectivity index (χ2n) is 9.60. The van der Waals surface area contributed by atoms with Crippen molar-refractivity contribution in [3.63, 3.8) is 0 Å². The molecule has 31 heavy (non-hydrogen) atoms. The lowest BCUT2D eigenvalue weighted by molar-refractivity contribution is -0.139. The van der Waals surface area contributed by atoms with Crippen molar-refractivity contribution >= 4 is 5.97 Å². The Bertz CT molecular complexity index is 1080. The Morgan fingerprint density at radius 1 is 0.968 bits per heavy atom. The number of carbonyl (C=O) groups is 1. The lowest BCUT2D eigenvalue weighted by Gasteiger charge is -2.26. The lowest BCUT2D eigenvalue weighted by atomic mass is 9.78. The van der Waals surface area contributed by atoms with Crippen molar-refractivity contribution in [1.29, 1.82) is 0 Å². The summed E-state index contributed by atoms with van der Waals surface area (Å²) in [6.07, 6.45) is 2.57. The highest BCUT2D eigenvalue weighted by molar-refractivity contribution is 5.84. The highest BCUT2D eigenvalue weighted by atomic mass is 16.5. The Morgan fingerprint density at radius 3 is 2.42 bits per heavy atom. The Hall–Kier alpha value is -3.07. The predicted octanol–water partition coefficient (Wildman–Crippen LogP) is 6.95. The highest BCUT2D eigenvalue weighted by Crippen LogP contribution is 2.40. The van der Waals surface area contributed by atoms with Crippen LogP contribution in [-0.2, 0) is 11.2 Å². The molecule has 0 spiro atoms. The number of carboxylic acid groups (broad SMARTS) is 1. The summed E-state index contributed by atoms with van der Waals surface area (Å²) in [4.78, 5) is 12.3. The quantitative estimate of drug-likeness (QED) is 0.491. The SMILES string of the molecule is CC(C)(C)CC(C(=O)O)c1ccc(-c2ccccc2)cc1-c1ccc2c(c1)CCCO2. The van der Waals surface area contributed by atoms with Crippen molar-refractivity contribution in [1.82, 2.24) is 0 Å². The van der Waals surface area contributed by atoms with Crippen LogP contribution in [0.3, 0.4) is 0 Å². The van der Waals surface area contributed by atoms with Gasteiger partial charge < -0.3 is 9.84 Å². The molecule has 0 radical (unpaired) electrons. The average Bonchev–Trinajstić information content (AvgIpc) is 2.77. The van der Waals surface area contributed by atoms with E-state index in [1.807, 2.05) is 36.4 Å². The van der Waals surface area contributed by atoms with Crippen LogP contribution < -0.4 is 4.74 Å². The first-order valence-electron chi connectivity index (χ1n) is 11.0. The maximum Gasteiger partial charge on any atom is 0.311 e. The minimum absolute atomic E-state index is 0.0951. The number of aryl methyl sites for hydroxylation is 1. The van der Waals surface area contributed by atoms with E-state index in [1.54, 1.807) is 0 Å². The van der Waals surface area contributed by atoms with E-state index in [0.29, 0.717) is 6.42 Å². The molecule has 0 amide bonds. The van der Waals surface area contributed by atoms with Crippen LogP contribution in [0.2, 0.25) is 0 Å². The number of ether oxygens (including phenoxy) is 1. The molecule has 4 rings (SSSR count). The molecule has 3 aromatic rings. The summed E-state index contributed by atoms with van der Waals surface area (Å²) in [5.74, 6) is -0.391. The third-order valence-electron chi connectivity index (χ3n) is 5.87. The fourth-order valence-electron chi connectivity index (χ4n) is 4.39. The van der Waals surface area contributed by atoms with E-state index in [9.17, 15) is 9.90 Å². The van der Waals surface area contributed by atoms with Crippen LogP contribution in [0.15, 0.2) is 66.7 Å². The van der Waals surface area contributed by atoms with Crippen LogP contribution in [0.25, 0.3) is 22.3 Å². The Kier molecular flexibility index (Phi) is 5.86. The molecule has 1 aliphatic heterocycles. The van der Waals surface area contributed by atoms with Crippen molar-refractivity contribution < 1.29 is 14.6 Å². The van der Waals surface area contributed by atoms with Gasteiger partial charge in [-0.3, -0.25) is 4.79 Å². The lowest BCUT2D eigenvalue weighted by Crippen LogP contribution is -2.20. The van der Waals surface area contributed by atoms with Gasteiger partial charge in [0.1, 0.15) is 5.75 Å². The third-order valence-corrected chi connectivity index (χ3v) is 5.87. The molecule has 1 unspecified atom stereocenters. The molecular formula is C28H30O3. The van der Waals surface area contributed by atoms with Gasteiger partial charge in [0.15, 0.2) is 0 Å². The largest absolute Gasteiger partial charge is 0.493 e. The first-order valence-corrected chi connectivity index (χ1v) is 11.0. The topological polar surface area (TPSA) is 46.5 Å². The summed E-state index contributed by atoms with van der Waals surface area (Å²) in [7, 11) is 0. The van der Waals surface area contributed by atoms with Crippen molar-refractivity contribution in [2.24, 2.45) is 5.41 Å². The van der Waals surface area contributed by atoms with E-state index in [-0.39, 0.29) is 5.41 Å². The van der Waals surface area contributed by atoms with Gasteiger partial charge in [0, 0.05) is 0 Å². The molecule has 1 heterocycles. The van der Waals surface area contributed by atoms with E-state index in [1.165, 1.54) is 5.56 Å².